The maximum Gasteiger partial charge on any atom is 0.159 e. The number of nitrogens with zero attached hydrogens (tertiary/aromatic N) is 4. The Morgan fingerprint density at radius 2 is 1.61 bits per heavy atom. The Kier molecular flexibility index (Phi) is 4.52. The number of rotatable bonds is 3. The molecule has 0 bridgehead atoms. The Balaban J connectivity index is 1.67. The van der Waals surface area contributed by atoms with Crippen LogP contribution in [0.15, 0.2) is 83.9 Å². The highest BCUT2D eigenvalue weighted by molar-refractivity contribution is 14.1. The lowest BCUT2D eigenvalue weighted by molar-refractivity contribution is 0.848. The Bertz CT molecular complexity index is 1160. The van der Waals surface area contributed by atoms with Gasteiger partial charge in [0.05, 0.1) is 11.4 Å². The molecular weight excluding hydrogens is 459 g/mol. The molecule has 0 spiro atoms. The minimum atomic E-state index is 0.511. The summed E-state index contributed by atoms with van der Waals surface area (Å²) in [4.78, 5) is 4.93. The molecule has 0 fully saturated rings. The van der Waals surface area contributed by atoms with Crippen LogP contribution in [-0.2, 0) is 13.0 Å². The molecule has 3 aromatic carbocycles. The maximum atomic E-state index is 4.93. The van der Waals surface area contributed by atoms with Gasteiger partial charge in [-0.1, -0.05) is 60.7 Å². The molecule has 0 amide bonds. The van der Waals surface area contributed by atoms with E-state index in [9.17, 15) is 0 Å². The van der Waals surface area contributed by atoms with Crippen molar-refractivity contribution in [2.45, 2.75) is 13.0 Å². The van der Waals surface area contributed by atoms with Crippen molar-refractivity contribution in [2.24, 2.45) is 4.99 Å². The number of fused-ring (bicyclic) bond motifs is 3. The van der Waals surface area contributed by atoms with Gasteiger partial charge in [-0.15, -0.1) is 10.2 Å². The highest BCUT2D eigenvalue weighted by Gasteiger charge is 2.23. The van der Waals surface area contributed by atoms with Crippen LogP contribution in [-0.4, -0.2) is 20.5 Å². The first kappa shape index (κ1) is 17.3. The molecule has 1 aromatic heterocycles. The van der Waals surface area contributed by atoms with Gasteiger partial charge in [-0.05, 0) is 46.4 Å². The number of hydrogen-bond donors (Lipinski definition) is 0. The topological polar surface area (TPSA) is 43.1 Å². The molecule has 136 valence electrons. The molecule has 0 atom stereocenters. The van der Waals surface area contributed by atoms with Gasteiger partial charge in [0.1, 0.15) is 12.4 Å². The zero-order valence-electron chi connectivity index (χ0n) is 15.1. The highest BCUT2D eigenvalue weighted by Crippen LogP contribution is 2.28. The van der Waals surface area contributed by atoms with Crippen LogP contribution in [0.2, 0.25) is 0 Å². The number of benzene rings is 3. The number of aliphatic imine (C=N–C) groups is 1. The fourth-order valence-corrected chi connectivity index (χ4v) is 4.09. The third kappa shape index (κ3) is 3.16. The van der Waals surface area contributed by atoms with Gasteiger partial charge in [0.15, 0.2) is 5.82 Å². The Labute approximate surface area is 177 Å². The summed E-state index contributed by atoms with van der Waals surface area (Å²) in [5.41, 5.74) is 5.55. The average Bonchev–Trinajstić information content (AvgIpc) is 3.04. The molecule has 5 heteroatoms. The standard InChI is InChI=1S/C23H17IN4/c24-18-11-12-20-19(14-18)23(17-9-5-2-6-10-17)25-15-22-27-26-21(28(20)22)13-16-7-3-1-4-8-16/h1-12,14H,13,15H2. The van der Waals surface area contributed by atoms with E-state index in [1.807, 2.05) is 12.1 Å². The fraction of sp³-hybridized carbons (Fsp3) is 0.0870. The van der Waals surface area contributed by atoms with Crippen molar-refractivity contribution in [2.75, 3.05) is 0 Å². The molecular formula is C23H17IN4. The van der Waals surface area contributed by atoms with E-state index in [2.05, 4.69) is 104 Å². The Morgan fingerprint density at radius 1 is 0.857 bits per heavy atom. The van der Waals surface area contributed by atoms with Crippen LogP contribution in [0.4, 0.5) is 0 Å². The van der Waals surface area contributed by atoms with E-state index in [4.69, 9.17) is 4.99 Å². The molecule has 1 aliphatic heterocycles. The second-order valence-corrected chi connectivity index (χ2v) is 7.97. The minimum Gasteiger partial charge on any atom is -0.280 e. The predicted octanol–water partition coefficient (Wildman–Crippen LogP) is 4.81. The van der Waals surface area contributed by atoms with Gasteiger partial charge in [-0.2, -0.15) is 0 Å². The van der Waals surface area contributed by atoms with Crippen molar-refractivity contribution in [1.82, 2.24) is 14.8 Å². The van der Waals surface area contributed by atoms with Crippen molar-refractivity contribution in [3.05, 3.63) is 111 Å². The summed E-state index contributed by atoms with van der Waals surface area (Å²) in [6.07, 6.45) is 0.736. The summed E-state index contributed by atoms with van der Waals surface area (Å²) in [6.45, 7) is 0.511. The van der Waals surface area contributed by atoms with Crippen molar-refractivity contribution < 1.29 is 0 Å². The predicted molar refractivity (Wildman–Crippen MR) is 119 cm³/mol. The van der Waals surface area contributed by atoms with Crippen LogP contribution >= 0.6 is 22.6 Å². The van der Waals surface area contributed by atoms with Crippen LogP contribution in [0.1, 0.15) is 28.3 Å². The molecule has 0 saturated heterocycles. The van der Waals surface area contributed by atoms with Crippen molar-refractivity contribution in [1.29, 1.82) is 0 Å². The minimum absolute atomic E-state index is 0.511. The summed E-state index contributed by atoms with van der Waals surface area (Å²) in [5, 5.41) is 8.96. The molecule has 4 aromatic rings. The summed E-state index contributed by atoms with van der Waals surface area (Å²) in [7, 11) is 0. The van der Waals surface area contributed by atoms with Gasteiger partial charge in [0.2, 0.25) is 0 Å². The molecule has 0 saturated carbocycles. The smallest absolute Gasteiger partial charge is 0.159 e. The molecule has 0 aliphatic carbocycles. The van der Waals surface area contributed by atoms with E-state index >= 15 is 0 Å². The quantitative estimate of drug-likeness (QED) is 0.399. The van der Waals surface area contributed by atoms with Crippen LogP contribution < -0.4 is 0 Å². The van der Waals surface area contributed by atoms with Crippen LogP contribution in [0.5, 0.6) is 0 Å². The average molecular weight is 476 g/mol. The van der Waals surface area contributed by atoms with Gasteiger partial charge in [0, 0.05) is 21.1 Å². The zero-order chi connectivity index (χ0) is 18.9. The monoisotopic (exact) mass is 476 g/mol. The van der Waals surface area contributed by atoms with E-state index < -0.39 is 0 Å². The van der Waals surface area contributed by atoms with Gasteiger partial charge in [0.25, 0.3) is 0 Å². The molecule has 0 radical (unpaired) electrons. The second-order valence-electron chi connectivity index (χ2n) is 6.72. The van der Waals surface area contributed by atoms with Crippen molar-refractivity contribution in [3.63, 3.8) is 0 Å². The maximum absolute atomic E-state index is 4.93. The number of halogens is 1. The number of aromatic nitrogens is 3. The molecule has 2 heterocycles. The molecule has 0 unspecified atom stereocenters. The van der Waals surface area contributed by atoms with Crippen molar-refractivity contribution in [3.8, 4) is 5.69 Å². The van der Waals surface area contributed by atoms with Crippen molar-refractivity contribution >= 4 is 28.3 Å². The lowest BCUT2D eigenvalue weighted by atomic mass is 10.0. The zero-order valence-corrected chi connectivity index (χ0v) is 17.2. The third-order valence-corrected chi connectivity index (χ3v) is 5.55. The largest absolute Gasteiger partial charge is 0.280 e. The Hall–Kier alpha value is -2.80. The Morgan fingerprint density at radius 3 is 2.39 bits per heavy atom. The van der Waals surface area contributed by atoms with Crippen LogP contribution in [0, 0.1) is 3.57 Å². The normalized spacial score (nSPS) is 12.7. The van der Waals surface area contributed by atoms with E-state index in [1.165, 1.54) is 9.13 Å². The molecule has 1 aliphatic rings. The fourth-order valence-electron chi connectivity index (χ4n) is 3.60. The molecule has 0 N–H and O–H groups in total. The first-order chi connectivity index (χ1) is 13.8. The lowest BCUT2D eigenvalue weighted by Gasteiger charge is -2.14. The molecule has 4 nitrogen and oxygen atoms in total. The first-order valence-electron chi connectivity index (χ1n) is 9.17. The second kappa shape index (κ2) is 7.31. The van der Waals surface area contributed by atoms with Gasteiger partial charge >= 0.3 is 0 Å². The van der Waals surface area contributed by atoms with Crippen LogP contribution in [0.25, 0.3) is 5.69 Å². The van der Waals surface area contributed by atoms with Gasteiger partial charge in [-0.25, -0.2) is 0 Å². The molecule has 28 heavy (non-hydrogen) atoms. The summed E-state index contributed by atoms with van der Waals surface area (Å²) in [5.74, 6) is 1.81. The summed E-state index contributed by atoms with van der Waals surface area (Å²) in [6, 6.07) is 27.2. The highest BCUT2D eigenvalue weighted by atomic mass is 127. The third-order valence-electron chi connectivity index (χ3n) is 4.88. The molecule has 5 rings (SSSR count). The summed E-state index contributed by atoms with van der Waals surface area (Å²) < 4.78 is 3.36. The lowest BCUT2D eigenvalue weighted by Crippen LogP contribution is -2.10. The van der Waals surface area contributed by atoms with Gasteiger partial charge in [-0.3, -0.25) is 9.56 Å². The van der Waals surface area contributed by atoms with E-state index in [0.717, 1.165) is 40.6 Å². The van der Waals surface area contributed by atoms with E-state index in [0.29, 0.717) is 6.54 Å². The van der Waals surface area contributed by atoms with E-state index in [1.54, 1.807) is 0 Å². The summed E-state index contributed by atoms with van der Waals surface area (Å²) >= 11 is 2.36. The first-order valence-corrected chi connectivity index (χ1v) is 10.2. The number of hydrogen-bond acceptors (Lipinski definition) is 3. The van der Waals surface area contributed by atoms with E-state index in [-0.39, 0.29) is 0 Å². The SMILES string of the molecule is Ic1ccc2c(c1)C(c1ccccc1)=NCc1nnc(Cc3ccccc3)n1-2. The van der Waals surface area contributed by atoms with Crippen LogP contribution in [0.3, 0.4) is 0 Å². The van der Waals surface area contributed by atoms with Gasteiger partial charge < -0.3 is 0 Å².